The monoisotopic (exact) mass is 482 g/mol. The molecule has 0 spiro atoms. The van der Waals surface area contributed by atoms with Gasteiger partial charge in [-0.2, -0.15) is 0 Å². The number of carboxylic acid groups (broad SMARTS) is 1. The molecule has 2 heterocycles. The molecule has 0 saturated carbocycles. The molecule has 4 rings (SSSR count). The Kier molecular flexibility index (Phi) is 6.63. The molecule has 2 aliphatic rings. The van der Waals surface area contributed by atoms with Crippen molar-refractivity contribution in [3.05, 3.63) is 53.6 Å². The van der Waals surface area contributed by atoms with E-state index in [0.29, 0.717) is 29.2 Å². The van der Waals surface area contributed by atoms with E-state index in [1.807, 2.05) is 12.1 Å². The van der Waals surface area contributed by atoms with E-state index in [9.17, 15) is 24.3 Å². The Morgan fingerprint density at radius 2 is 1.86 bits per heavy atom. The molecule has 2 amide bonds. The molecule has 0 saturated heterocycles. The molecule has 2 aromatic carbocycles. The summed E-state index contributed by atoms with van der Waals surface area (Å²) in [6.07, 6.45) is -0.0842. The number of para-hydroxylation sites is 1. The van der Waals surface area contributed by atoms with Gasteiger partial charge in [0.1, 0.15) is 12.6 Å². The molecule has 2 aliphatic heterocycles. The summed E-state index contributed by atoms with van der Waals surface area (Å²) in [6.45, 7) is 3.08. The van der Waals surface area contributed by atoms with Crippen LogP contribution in [0.2, 0.25) is 0 Å². The largest absolute Gasteiger partial charge is 0.480 e. The van der Waals surface area contributed by atoms with Gasteiger partial charge in [-0.25, -0.2) is 9.59 Å². The number of rotatable bonds is 8. The third-order valence-corrected chi connectivity index (χ3v) is 5.97. The van der Waals surface area contributed by atoms with Crippen molar-refractivity contribution in [1.82, 2.24) is 5.32 Å². The van der Waals surface area contributed by atoms with Crippen molar-refractivity contribution >= 4 is 29.4 Å². The number of carboxylic acids is 1. The number of nitrogens with one attached hydrogen (secondary N) is 1. The quantitative estimate of drug-likeness (QED) is 0.548. The molecule has 2 N–H and O–H groups in total. The number of alkyl carbamates (subject to hydrolysis) is 1. The van der Waals surface area contributed by atoms with Crippen LogP contribution in [0.3, 0.4) is 0 Å². The number of fused-ring (bicyclic) bond motifs is 2. The lowest BCUT2D eigenvalue weighted by molar-refractivity contribution is -0.145. The number of carbonyl (C=O) groups excluding carboxylic acids is 3. The van der Waals surface area contributed by atoms with E-state index in [1.165, 1.54) is 13.8 Å². The molecule has 0 bridgehead atoms. The second-order valence-corrected chi connectivity index (χ2v) is 9.02. The Morgan fingerprint density at radius 3 is 2.63 bits per heavy atom. The topological polar surface area (TPSA) is 131 Å². The summed E-state index contributed by atoms with van der Waals surface area (Å²) >= 11 is 0. The minimum atomic E-state index is -1.35. The predicted octanol–water partition coefficient (Wildman–Crippen LogP) is 2.32. The normalized spacial score (nSPS) is 15.9. The van der Waals surface area contributed by atoms with Gasteiger partial charge in [-0.1, -0.05) is 24.3 Å². The molecule has 0 radical (unpaired) electrons. The zero-order chi connectivity index (χ0) is 25.2. The molecule has 1 atom stereocenters. The van der Waals surface area contributed by atoms with Crippen LogP contribution in [-0.4, -0.2) is 54.8 Å². The van der Waals surface area contributed by atoms with Crippen LogP contribution in [-0.2, 0) is 32.0 Å². The zero-order valence-corrected chi connectivity index (χ0v) is 19.4. The van der Waals surface area contributed by atoms with Crippen molar-refractivity contribution in [1.29, 1.82) is 0 Å². The van der Waals surface area contributed by atoms with Gasteiger partial charge in [-0.15, -0.1) is 0 Å². The smallest absolute Gasteiger partial charge is 0.407 e. The summed E-state index contributed by atoms with van der Waals surface area (Å²) in [6, 6.07) is 11.1. The van der Waals surface area contributed by atoms with Crippen molar-refractivity contribution in [3.8, 4) is 11.5 Å². The number of ketones is 1. The number of hydrogen-bond donors (Lipinski definition) is 2. The Bertz CT molecular complexity index is 1180. The highest BCUT2D eigenvalue weighted by molar-refractivity contribution is 6.43. The maximum atomic E-state index is 13.1. The number of amides is 2. The van der Waals surface area contributed by atoms with Crippen LogP contribution < -0.4 is 19.7 Å². The Morgan fingerprint density at radius 1 is 1.11 bits per heavy atom. The van der Waals surface area contributed by atoms with E-state index < -0.39 is 35.2 Å². The van der Waals surface area contributed by atoms with Crippen molar-refractivity contribution in [2.75, 3.05) is 24.8 Å². The molecule has 0 fully saturated rings. The fourth-order valence-corrected chi connectivity index (χ4v) is 4.00. The third kappa shape index (κ3) is 5.06. The van der Waals surface area contributed by atoms with E-state index in [0.717, 1.165) is 10.5 Å². The molecular formula is C25H26N2O8. The molecule has 0 aliphatic carbocycles. The Balaban J connectivity index is 1.31. The van der Waals surface area contributed by atoms with E-state index >= 15 is 0 Å². The number of anilines is 1. The average molecular weight is 482 g/mol. The molecule has 184 valence electrons. The second-order valence-electron chi connectivity index (χ2n) is 9.02. The van der Waals surface area contributed by atoms with Gasteiger partial charge in [-0.05, 0) is 49.6 Å². The van der Waals surface area contributed by atoms with E-state index in [1.54, 1.807) is 30.3 Å². The third-order valence-electron chi connectivity index (χ3n) is 5.97. The van der Waals surface area contributed by atoms with Crippen LogP contribution >= 0.6 is 0 Å². The van der Waals surface area contributed by atoms with E-state index in [-0.39, 0.29) is 26.4 Å². The SMILES string of the molecule is CC(C)(COC(=O)NCCc1ccc2c(c1)OCO2)C(=O)C(=O)N1c2ccccc2CC1C(=O)O. The van der Waals surface area contributed by atoms with Gasteiger partial charge >= 0.3 is 12.1 Å². The number of hydrogen-bond acceptors (Lipinski definition) is 7. The Labute approximate surface area is 201 Å². The molecule has 2 aromatic rings. The van der Waals surface area contributed by atoms with Gasteiger partial charge in [0, 0.05) is 18.7 Å². The van der Waals surface area contributed by atoms with Gasteiger partial charge in [0.2, 0.25) is 12.6 Å². The summed E-state index contributed by atoms with van der Waals surface area (Å²) in [5.41, 5.74) is 0.662. The van der Waals surface area contributed by atoms with Crippen molar-refractivity contribution in [2.24, 2.45) is 5.41 Å². The molecule has 10 heteroatoms. The van der Waals surface area contributed by atoms with Gasteiger partial charge < -0.3 is 24.6 Å². The van der Waals surface area contributed by atoms with Crippen LogP contribution in [0.25, 0.3) is 0 Å². The first-order valence-electron chi connectivity index (χ1n) is 11.2. The van der Waals surface area contributed by atoms with Crippen LogP contribution in [0.5, 0.6) is 11.5 Å². The van der Waals surface area contributed by atoms with E-state index in [4.69, 9.17) is 14.2 Å². The molecule has 10 nitrogen and oxygen atoms in total. The lowest BCUT2D eigenvalue weighted by Gasteiger charge is -2.27. The van der Waals surface area contributed by atoms with E-state index in [2.05, 4.69) is 5.32 Å². The fourth-order valence-electron chi connectivity index (χ4n) is 4.00. The number of ether oxygens (including phenoxy) is 3. The van der Waals surface area contributed by atoms with Crippen LogP contribution in [0.15, 0.2) is 42.5 Å². The molecule has 35 heavy (non-hydrogen) atoms. The van der Waals surface area contributed by atoms with Gasteiger partial charge in [0.05, 0.1) is 5.41 Å². The van der Waals surface area contributed by atoms with Gasteiger partial charge in [0.15, 0.2) is 11.5 Å². The summed E-state index contributed by atoms with van der Waals surface area (Å²) in [7, 11) is 0. The lowest BCUT2D eigenvalue weighted by atomic mass is 9.88. The highest BCUT2D eigenvalue weighted by Gasteiger charge is 2.44. The standard InChI is InChI=1S/C25H26N2O8/c1-25(2,13-33-24(32)26-10-9-15-7-8-19-20(11-15)35-14-34-19)21(28)22(29)27-17-6-4-3-5-16(17)12-18(27)23(30)31/h3-8,11,18H,9-10,12-14H2,1-2H3,(H,26,32)(H,30,31). The number of Topliss-reactive ketones (excluding diaryl/α,β-unsaturated/α-hetero) is 1. The summed E-state index contributed by atoms with van der Waals surface area (Å²) in [5.74, 6) is -1.65. The highest BCUT2D eigenvalue weighted by Crippen LogP contribution is 2.34. The highest BCUT2D eigenvalue weighted by atomic mass is 16.7. The number of benzene rings is 2. The summed E-state index contributed by atoms with van der Waals surface area (Å²) in [5, 5.41) is 12.2. The summed E-state index contributed by atoms with van der Waals surface area (Å²) < 4.78 is 15.8. The average Bonchev–Trinajstić information content (AvgIpc) is 3.46. The molecular weight excluding hydrogens is 456 g/mol. The predicted molar refractivity (Wildman–Crippen MR) is 123 cm³/mol. The van der Waals surface area contributed by atoms with Crippen molar-refractivity contribution in [2.45, 2.75) is 32.7 Å². The number of aliphatic carboxylic acids is 1. The molecule has 1 unspecified atom stereocenters. The minimum absolute atomic E-state index is 0.118. The van der Waals surface area contributed by atoms with Crippen molar-refractivity contribution < 1.29 is 38.5 Å². The van der Waals surface area contributed by atoms with Crippen LogP contribution in [0.1, 0.15) is 25.0 Å². The first kappa shape index (κ1) is 24.1. The van der Waals surface area contributed by atoms with Crippen LogP contribution in [0, 0.1) is 5.41 Å². The fraction of sp³-hybridized carbons (Fsp3) is 0.360. The maximum Gasteiger partial charge on any atom is 0.407 e. The number of nitrogens with zero attached hydrogens (tertiary/aromatic N) is 1. The summed E-state index contributed by atoms with van der Waals surface area (Å²) in [4.78, 5) is 51.0. The lowest BCUT2D eigenvalue weighted by Crippen LogP contribution is -2.50. The zero-order valence-electron chi connectivity index (χ0n) is 19.4. The second kappa shape index (κ2) is 9.65. The molecule has 0 aromatic heterocycles. The van der Waals surface area contributed by atoms with Gasteiger partial charge in [-0.3, -0.25) is 14.5 Å². The maximum absolute atomic E-state index is 13.1. The van der Waals surface area contributed by atoms with Crippen molar-refractivity contribution in [3.63, 3.8) is 0 Å². The first-order valence-corrected chi connectivity index (χ1v) is 11.2. The van der Waals surface area contributed by atoms with Crippen LogP contribution in [0.4, 0.5) is 10.5 Å². The first-order chi connectivity index (χ1) is 16.7. The Hall–Kier alpha value is -4.08. The number of carbonyl (C=O) groups is 4. The minimum Gasteiger partial charge on any atom is -0.480 e. The van der Waals surface area contributed by atoms with Gasteiger partial charge in [0.25, 0.3) is 5.91 Å².